The third-order valence-corrected chi connectivity index (χ3v) is 8.62. The Labute approximate surface area is 117 Å². The Balaban J connectivity index is 1.89. The molecule has 0 amide bonds. The molecule has 110 valence electrons. The lowest BCUT2D eigenvalue weighted by atomic mass is 9.88. The molecule has 0 aromatic carbocycles. The molecule has 1 aliphatic heterocycles. The van der Waals surface area contributed by atoms with Crippen molar-refractivity contribution < 1.29 is 18.4 Å². The fourth-order valence-electron chi connectivity index (χ4n) is 3.23. The number of rotatable bonds is 6. The van der Waals surface area contributed by atoms with Gasteiger partial charge in [-0.1, -0.05) is 13.8 Å². The third-order valence-electron chi connectivity index (χ3n) is 4.56. The van der Waals surface area contributed by atoms with Crippen LogP contribution >= 0.6 is 0 Å². The van der Waals surface area contributed by atoms with Gasteiger partial charge < -0.3 is 13.6 Å². The van der Waals surface area contributed by atoms with Gasteiger partial charge in [-0.3, -0.25) is 4.79 Å². The molecule has 0 radical (unpaired) electrons. The zero-order chi connectivity index (χ0) is 14.0. The van der Waals surface area contributed by atoms with E-state index in [0.29, 0.717) is 18.1 Å². The van der Waals surface area contributed by atoms with Gasteiger partial charge in [0.25, 0.3) is 5.97 Å². The monoisotopic (exact) mass is 286 g/mol. The lowest BCUT2D eigenvalue weighted by molar-refractivity contribution is -0.134. The first-order valence-electron chi connectivity index (χ1n) is 7.37. The van der Waals surface area contributed by atoms with Crippen LogP contribution in [0.1, 0.15) is 46.5 Å². The molecule has 0 aromatic rings. The SMILES string of the molecule is CO[Si](CCC1CCC2OC2C1)(OC(C)=O)C(C)C. The van der Waals surface area contributed by atoms with E-state index in [1.165, 1.54) is 26.2 Å². The van der Waals surface area contributed by atoms with Gasteiger partial charge in [-0.05, 0) is 31.6 Å². The van der Waals surface area contributed by atoms with Gasteiger partial charge in [-0.25, -0.2) is 0 Å². The molecule has 1 heterocycles. The number of epoxide rings is 1. The van der Waals surface area contributed by atoms with Crippen LogP contribution in [0, 0.1) is 5.92 Å². The van der Waals surface area contributed by atoms with Crippen LogP contribution in [0.5, 0.6) is 0 Å². The van der Waals surface area contributed by atoms with Gasteiger partial charge in [0, 0.05) is 25.6 Å². The van der Waals surface area contributed by atoms with Crippen LogP contribution in [0.2, 0.25) is 11.6 Å². The largest absolute Gasteiger partial charge is 0.494 e. The van der Waals surface area contributed by atoms with Crippen molar-refractivity contribution in [3.05, 3.63) is 0 Å². The summed E-state index contributed by atoms with van der Waals surface area (Å²) in [5.41, 5.74) is 0.287. The Kier molecular flexibility index (Phi) is 4.69. The van der Waals surface area contributed by atoms with Gasteiger partial charge in [0.1, 0.15) is 0 Å². The molecule has 1 aliphatic carbocycles. The molecule has 0 spiro atoms. The highest BCUT2D eigenvalue weighted by Crippen LogP contribution is 2.42. The molecule has 4 unspecified atom stereocenters. The fraction of sp³-hybridized carbons (Fsp3) is 0.929. The second-order valence-corrected chi connectivity index (χ2v) is 10.1. The Morgan fingerprint density at radius 2 is 2.11 bits per heavy atom. The minimum Gasteiger partial charge on any atom is -0.494 e. The van der Waals surface area contributed by atoms with Crippen LogP contribution in [0.15, 0.2) is 0 Å². The fourth-order valence-corrected chi connectivity index (χ4v) is 6.21. The molecule has 4 nitrogen and oxygen atoms in total. The number of carbonyl (C=O) groups is 1. The van der Waals surface area contributed by atoms with Crippen molar-refractivity contribution in [1.29, 1.82) is 0 Å². The average Bonchev–Trinajstić information content (AvgIpc) is 3.12. The van der Waals surface area contributed by atoms with Crippen LogP contribution < -0.4 is 0 Å². The molecule has 1 saturated carbocycles. The summed E-state index contributed by atoms with van der Waals surface area (Å²) in [6.45, 7) is 5.67. The summed E-state index contributed by atoms with van der Waals surface area (Å²) in [6.07, 6.45) is 5.79. The van der Waals surface area contributed by atoms with Gasteiger partial charge in [0.15, 0.2) is 0 Å². The third kappa shape index (κ3) is 3.58. The summed E-state index contributed by atoms with van der Waals surface area (Å²) in [5.74, 6) is 0.497. The van der Waals surface area contributed by atoms with Gasteiger partial charge in [-0.2, -0.15) is 0 Å². The van der Waals surface area contributed by atoms with E-state index in [1.54, 1.807) is 7.11 Å². The van der Waals surface area contributed by atoms with Crippen LogP contribution in [-0.2, 0) is 18.4 Å². The molecule has 0 aromatic heterocycles. The number of fused-ring (bicyclic) bond motifs is 1. The van der Waals surface area contributed by atoms with Crippen LogP contribution in [-0.4, -0.2) is 33.8 Å². The Hall–Kier alpha value is -0.393. The second kappa shape index (κ2) is 5.93. The van der Waals surface area contributed by atoms with Crippen LogP contribution in [0.3, 0.4) is 0 Å². The van der Waals surface area contributed by atoms with Crippen molar-refractivity contribution in [3.8, 4) is 0 Å². The first-order valence-corrected chi connectivity index (χ1v) is 9.47. The normalized spacial score (nSPS) is 32.6. The molecule has 1 saturated heterocycles. The van der Waals surface area contributed by atoms with Crippen molar-refractivity contribution in [2.75, 3.05) is 7.11 Å². The topological polar surface area (TPSA) is 48.1 Å². The summed E-state index contributed by atoms with van der Waals surface area (Å²) in [6, 6.07) is 0.906. The number of hydrogen-bond acceptors (Lipinski definition) is 4. The van der Waals surface area contributed by atoms with E-state index in [2.05, 4.69) is 13.8 Å². The highest BCUT2D eigenvalue weighted by Gasteiger charge is 2.47. The highest BCUT2D eigenvalue weighted by molar-refractivity contribution is 6.70. The Morgan fingerprint density at radius 3 is 2.63 bits per heavy atom. The maximum Gasteiger partial charge on any atom is 0.403 e. The van der Waals surface area contributed by atoms with Crippen molar-refractivity contribution in [2.24, 2.45) is 5.92 Å². The molecule has 2 fully saturated rings. The standard InChI is InChI=1S/C14H26O4Si/c1-10(2)19(16-4,18-11(3)15)8-7-12-5-6-13-14(9-12)17-13/h10,12-14H,5-9H2,1-4H3. The predicted molar refractivity (Wildman–Crippen MR) is 75.1 cm³/mol. The molecular weight excluding hydrogens is 260 g/mol. The number of hydrogen-bond donors (Lipinski definition) is 0. The van der Waals surface area contributed by atoms with E-state index in [-0.39, 0.29) is 11.5 Å². The molecule has 19 heavy (non-hydrogen) atoms. The maximum atomic E-state index is 11.3. The van der Waals surface area contributed by atoms with Gasteiger partial charge in [-0.15, -0.1) is 0 Å². The van der Waals surface area contributed by atoms with Gasteiger partial charge in [0.05, 0.1) is 12.2 Å². The summed E-state index contributed by atoms with van der Waals surface area (Å²) >= 11 is 0. The molecule has 0 bridgehead atoms. The lowest BCUT2D eigenvalue weighted by Crippen LogP contribution is -2.46. The maximum absolute atomic E-state index is 11.3. The summed E-state index contributed by atoms with van der Waals surface area (Å²) < 4.78 is 16.9. The summed E-state index contributed by atoms with van der Waals surface area (Å²) in [4.78, 5) is 11.3. The van der Waals surface area contributed by atoms with Gasteiger partial charge >= 0.3 is 8.56 Å². The summed E-state index contributed by atoms with van der Waals surface area (Å²) in [5, 5.41) is 0. The zero-order valence-electron chi connectivity index (χ0n) is 12.5. The Morgan fingerprint density at radius 1 is 1.37 bits per heavy atom. The highest BCUT2D eigenvalue weighted by atomic mass is 28.4. The van der Waals surface area contributed by atoms with E-state index in [4.69, 9.17) is 13.6 Å². The minimum atomic E-state index is -2.39. The first kappa shape index (κ1) is 15.0. The Bertz CT molecular complexity index is 333. The molecule has 4 atom stereocenters. The molecule has 2 aliphatic rings. The molecular formula is C14H26O4Si. The van der Waals surface area contributed by atoms with Crippen molar-refractivity contribution >= 4 is 14.5 Å². The van der Waals surface area contributed by atoms with E-state index in [9.17, 15) is 4.79 Å². The van der Waals surface area contributed by atoms with E-state index in [1.807, 2.05) is 0 Å². The van der Waals surface area contributed by atoms with Crippen molar-refractivity contribution in [2.45, 2.75) is 70.2 Å². The molecule has 0 N–H and O–H groups in total. The second-order valence-electron chi connectivity index (χ2n) is 6.20. The minimum absolute atomic E-state index is 0.212. The van der Waals surface area contributed by atoms with Crippen LogP contribution in [0.4, 0.5) is 0 Å². The molecule has 5 heteroatoms. The first-order chi connectivity index (χ1) is 8.97. The quantitative estimate of drug-likeness (QED) is 0.556. The van der Waals surface area contributed by atoms with E-state index >= 15 is 0 Å². The van der Waals surface area contributed by atoms with Crippen molar-refractivity contribution in [1.82, 2.24) is 0 Å². The smallest absolute Gasteiger partial charge is 0.403 e. The van der Waals surface area contributed by atoms with Gasteiger partial charge in [0.2, 0.25) is 0 Å². The van der Waals surface area contributed by atoms with Crippen molar-refractivity contribution in [3.63, 3.8) is 0 Å². The number of carbonyl (C=O) groups excluding carboxylic acids is 1. The van der Waals surface area contributed by atoms with E-state index < -0.39 is 8.56 Å². The predicted octanol–water partition coefficient (Wildman–Crippen LogP) is 3.01. The molecule has 2 rings (SSSR count). The lowest BCUT2D eigenvalue weighted by Gasteiger charge is -2.33. The van der Waals surface area contributed by atoms with Crippen LogP contribution in [0.25, 0.3) is 0 Å². The number of ether oxygens (including phenoxy) is 1. The summed E-state index contributed by atoms with van der Waals surface area (Å²) in [7, 11) is -0.702. The van der Waals surface area contributed by atoms with E-state index in [0.717, 1.165) is 12.5 Å². The zero-order valence-corrected chi connectivity index (χ0v) is 13.5. The average molecular weight is 286 g/mol.